The van der Waals surface area contributed by atoms with Gasteiger partial charge in [-0.25, -0.2) is 0 Å². The van der Waals surface area contributed by atoms with Gasteiger partial charge < -0.3 is 54.3 Å². The molecule has 0 saturated carbocycles. The zero-order valence-corrected chi connectivity index (χ0v) is 16.4. The SMILES string of the molecule is COC(=O)CCC(=O)OCC1OC(O)C(O)C(O)C1OC1OC(C)C(O)C(O)C1O. The minimum Gasteiger partial charge on any atom is -0.469 e. The van der Waals surface area contributed by atoms with Crippen LogP contribution in [-0.2, 0) is 33.3 Å². The Morgan fingerprint density at radius 2 is 1.47 bits per heavy atom. The van der Waals surface area contributed by atoms with Crippen molar-refractivity contribution in [3.8, 4) is 0 Å². The molecule has 30 heavy (non-hydrogen) atoms. The quantitative estimate of drug-likeness (QED) is 0.210. The van der Waals surface area contributed by atoms with Crippen LogP contribution in [-0.4, -0.2) is 118 Å². The molecule has 2 aliphatic rings. The van der Waals surface area contributed by atoms with Gasteiger partial charge in [0.05, 0.1) is 26.1 Å². The van der Waals surface area contributed by atoms with Gasteiger partial charge in [0.15, 0.2) is 12.6 Å². The third-order valence-electron chi connectivity index (χ3n) is 4.93. The number of carbonyl (C=O) groups excluding carboxylic acids is 2. The summed E-state index contributed by atoms with van der Waals surface area (Å²) in [6.07, 6.45) is -15.7. The number of carbonyl (C=O) groups is 2. The van der Waals surface area contributed by atoms with Crippen LogP contribution >= 0.6 is 0 Å². The van der Waals surface area contributed by atoms with Gasteiger partial charge in [0.1, 0.15) is 49.3 Å². The van der Waals surface area contributed by atoms with Crippen LogP contribution in [0.15, 0.2) is 0 Å². The maximum atomic E-state index is 11.8. The predicted octanol–water partition coefficient (Wildman–Crippen LogP) is -3.87. The van der Waals surface area contributed by atoms with E-state index in [0.29, 0.717) is 0 Å². The van der Waals surface area contributed by atoms with Crippen LogP contribution in [0.2, 0.25) is 0 Å². The van der Waals surface area contributed by atoms with Crippen molar-refractivity contribution in [2.24, 2.45) is 0 Å². The molecule has 174 valence electrons. The number of aliphatic hydroxyl groups excluding tert-OH is 6. The third-order valence-corrected chi connectivity index (χ3v) is 4.93. The third kappa shape index (κ3) is 5.84. The van der Waals surface area contributed by atoms with Crippen LogP contribution in [0.25, 0.3) is 0 Å². The Morgan fingerprint density at radius 1 is 0.833 bits per heavy atom. The second-order valence-electron chi connectivity index (χ2n) is 7.09. The smallest absolute Gasteiger partial charge is 0.306 e. The van der Waals surface area contributed by atoms with Crippen LogP contribution < -0.4 is 0 Å². The molecule has 0 spiro atoms. The van der Waals surface area contributed by atoms with Crippen LogP contribution in [0.3, 0.4) is 0 Å². The van der Waals surface area contributed by atoms with Crippen molar-refractivity contribution in [3.05, 3.63) is 0 Å². The lowest BCUT2D eigenvalue weighted by Gasteiger charge is -2.45. The van der Waals surface area contributed by atoms with E-state index in [2.05, 4.69) is 4.74 Å². The highest BCUT2D eigenvalue weighted by Gasteiger charge is 2.50. The standard InChI is InChI=1S/C17H28O13/c1-6-10(20)11(21)14(24)17(28-6)30-15-7(29-16(25)13(23)12(15)22)5-27-9(19)4-3-8(18)26-2/h6-7,10-17,20-25H,3-5H2,1-2H3. The van der Waals surface area contributed by atoms with Gasteiger partial charge >= 0.3 is 11.9 Å². The Labute approximate surface area is 171 Å². The average Bonchev–Trinajstić information content (AvgIpc) is 2.72. The van der Waals surface area contributed by atoms with Crippen molar-refractivity contribution in [1.82, 2.24) is 0 Å². The summed E-state index contributed by atoms with van der Waals surface area (Å²) in [5.74, 6) is -1.41. The summed E-state index contributed by atoms with van der Waals surface area (Å²) in [7, 11) is 1.16. The minimum atomic E-state index is -1.82. The summed E-state index contributed by atoms with van der Waals surface area (Å²) < 4.78 is 25.3. The van der Waals surface area contributed by atoms with Crippen molar-refractivity contribution in [1.29, 1.82) is 0 Å². The molecular weight excluding hydrogens is 412 g/mol. The fourth-order valence-electron chi connectivity index (χ4n) is 3.06. The molecule has 0 aromatic rings. The van der Waals surface area contributed by atoms with Crippen molar-refractivity contribution in [3.63, 3.8) is 0 Å². The first-order valence-electron chi connectivity index (χ1n) is 9.34. The average molecular weight is 440 g/mol. The van der Waals surface area contributed by atoms with E-state index in [9.17, 15) is 40.2 Å². The fourth-order valence-corrected chi connectivity index (χ4v) is 3.06. The number of hydrogen-bond acceptors (Lipinski definition) is 13. The molecule has 2 saturated heterocycles. The maximum absolute atomic E-state index is 11.8. The molecule has 10 atom stereocenters. The molecule has 2 rings (SSSR count). The van der Waals surface area contributed by atoms with E-state index in [-0.39, 0.29) is 12.8 Å². The van der Waals surface area contributed by atoms with E-state index in [1.807, 2.05) is 0 Å². The van der Waals surface area contributed by atoms with E-state index < -0.39 is 80.0 Å². The summed E-state index contributed by atoms with van der Waals surface area (Å²) in [4.78, 5) is 22.9. The van der Waals surface area contributed by atoms with Crippen molar-refractivity contribution < 1.29 is 63.9 Å². The molecule has 0 aliphatic carbocycles. The number of methoxy groups -OCH3 is 1. The zero-order valence-electron chi connectivity index (χ0n) is 16.4. The summed E-state index contributed by atoms with van der Waals surface area (Å²) in [6, 6.07) is 0. The fraction of sp³-hybridized carbons (Fsp3) is 0.882. The van der Waals surface area contributed by atoms with Crippen LogP contribution in [0.4, 0.5) is 0 Å². The number of hydrogen-bond donors (Lipinski definition) is 6. The second kappa shape index (κ2) is 10.7. The van der Waals surface area contributed by atoms with Gasteiger partial charge in [0.2, 0.25) is 0 Å². The van der Waals surface area contributed by atoms with Gasteiger partial charge in [-0.2, -0.15) is 0 Å². The lowest BCUT2D eigenvalue weighted by atomic mass is 9.97. The van der Waals surface area contributed by atoms with Gasteiger partial charge in [-0.1, -0.05) is 0 Å². The van der Waals surface area contributed by atoms with E-state index in [1.165, 1.54) is 6.92 Å². The highest BCUT2D eigenvalue weighted by atomic mass is 16.7. The number of esters is 2. The molecule has 0 bridgehead atoms. The lowest BCUT2D eigenvalue weighted by molar-refractivity contribution is -0.352. The van der Waals surface area contributed by atoms with E-state index >= 15 is 0 Å². The molecule has 6 N–H and O–H groups in total. The Morgan fingerprint density at radius 3 is 2.10 bits per heavy atom. The number of ether oxygens (including phenoxy) is 5. The summed E-state index contributed by atoms with van der Waals surface area (Å²) in [5, 5.41) is 59.6. The molecule has 2 heterocycles. The molecule has 10 unspecified atom stereocenters. The second-order valence-corrected chi connectivity index (χ2v) is 7.09. The van der Waals surface area contributed by atoms with E-state index in [1.54, 1.807) is 0 Å². The molecular formula is C17H28O13. The summed E-state index contributed by atoms with van der Waals surface area (Å²) in [6.45, 7) is 0.887. The lowest BCUT2D eigenvalue weighted by Crippen LogP contribution is -2.64. The van der Waals surface area contributed by atoms with Gasteiger partial charge in [-0.15, -0.1) is 0 Å². The first-order valence-corrected chi connectivity index (χ1v) is 9.34. The molecule has 13 nitrogen and oxygen atoms in total. The summed E-state index contributed by atoms with van der Waals surface area (Å²) >= 11 is 0. The van der Waals surface area contributed by atoms with E-state index in [4.69, 9.17) is 18.9 Å². The topological polar surface area (TPSA) is 202 Å². The van der Waals surface area contributed by atoms with Gasteiger partial charge in [-0.3, -0.25) is 9.59 Å². The highest BCUT2D eigenvalue weighted by molar-refractivity contribution is 5.77. The Balaban J connectivity index is 2.03. The van der Waals surface area contributed by atoms with E-state index in [0.717, 1.165) is 7.11 Å². The maximum Gasteiger partial charge on any atom is 0.306 e. The van der Waals surface area contributed by atoms with Crippen LogP contribution in [0.5, 0.6) is 0 Å². The molecule has 0 amide bonds. The monoisotopic (exact) mass is 440 g/mol. The summed E-state index contributed by atoms with van der Waals surface area (Å²) in [5.41, 5.74) is 0. The number of aliphatic hydroxyl groups is 6. The Kier molecular flexibility index (Phi) is 8.90. The predicted molar refractivity (Wildman–Crippen MR) is 92.3 cm³/mol. The Bertz CT molecular complexity index is 586. The minimum absolute atomic E-state index is 0.217. The van der Waals surface area contributed by atoms with Gasteiger partial charge in [-0.05, 0) is 6.92 Å². The number of rotatable bonds is 7. The Hall–Kier alpha value is -1.42. The van der Waals surface area contributed by atoms with Crippen molar-refractivity contribution in [2.75, 3.05) is 13.7 Å². The molecule has 0 radical (unpaired) electrons. The first-order chi connectivity index (χ1) is 14.1. The zero-order chi connectivity index (χ0) is 22.6. The largest absolute Gasteiger partial charge is 0.469 e. The molecule has 2 aliphatic heterocycles. The van der Waals surface area contributed by atoms with Crippen molar-refractivity contribution in [2.45, 2.75) is 81.2 Å². The molecule has 2 fully saturated rings. The first kappa shape index (κ1) is 24.8. The van der Waals surface area contributed by atoms with Crippen LogP contribution in [0.1, 0.15) is 19.8 Å². The van der Waals surface area contributed by atoms with Gasteiger partial charge in [0.25, 0.3) is 0 Å². The highest BCUT2D eigenvalue weighted by Crippen LogP contribution is 2.28. The van der Waals surface area contributed by atoms with Gasteiger partial charge in [0, 0.05) is 0 Å². The molecule has 0 aromatic heterocycles. The molecule has 13 heteroatoms. The van der Waals surface area contributed by atoms with Crippen molar-refractivity contribution >= 4 is 11.9 Å². The molecule has 0 aromatic carbocycles. The normalized spacial score (nSPS) is 41.9. The van der Waals surface area contributed by atoms with Crippen LogP contribution in [0, 0.1) is 0 Å².